The van der Waals surface area contributed by atoms with Crippen LogP contribution in [0.5, 0.6) is 0 Å². The third-order valence-corrected chi connectivity index (χ3v) is 15.6. The maximum absolute atomic E-state index is 13.6. The SMILES string of the molecule is CC/C=C\C/C=C\C/C=C\C/C=C\C/C=C\CCCCCCCCCCCC(=O)OC(/C=C\CCCCCCCCCCCC)C(COP(=O)(O)OCC[N+](C)(C)C)NC(=O)CCCCCCCCC/C=C/CCCCCCCC. The standard InChI is InChI=1S/C70H127N2O7P/c1-7-10-13-16-19-22-25-28-30-32-33-34-35-36-37-38-39-41-43-45-48-51-54-57-60-63-70(74)79-68(61-58-55-52-49-46-27-24-21-18-15-12-9-3)67(66-78-80(75,76)77-65-64-72(4,5)6)71-69(73)62-59-56-53-50-47-44-42-40-31-29-26-23-20-17-14-11-8-2/h10,13,19,22,28-31,33-34,36-37,58,61,67-68H,7-9,11-12,14-18,20-21,23-27,32,35,38-57,59-60,62-66H2,1-6H3,(H-,71,73,75,76)/p+1/b13-10-,22-19-,30-28-,31-29+,34-33-,37-36-,61-58-. The second-order valence-electron chi connectivity index (χ2n) is 23.6. The maximum atomic E-state index is 13.6. The number of nitrogens with one attached hydrogen (secondary N) is 1. The van der Waals surface area contributed by atoms with Crippen molar-refractivity contribution in [1.82, 2.24) is 5.32 Å². The number of quaternary nitrogens is 1. The zero-order valence-corrected chi connectivity index (χ0v) is 54.0. The van der Waals surface area contributed by atoms with E-state index in [4.69, 9.17) is 13.8 Å². The van der Waals surface area contributed by atoms with E-state index in [1.165, 1.54) is 148 Å². The van der Waals surface area contributed by atoms with Crippen LogP contribution in [-0.2, 0) is 27.9 Å². The molecule has 0 aliphatic rings. The van der Waals surface area contributed by atoms with E-state index < -0.39 is 20.0 Å². The molecule has 0 aromatic heterocycles. The Balaban J connectivity index is 5.15. The van der Waals surface area contributed by atoms with E-state index in [1.807, 2.05) is 33.3 Å². The third kappa shape index (κ3) is 59.8. The molecule has 0 saturated heterocycles. The molecule has 0 saturated carbocycles. The highest BCUT2D eigenvalue weighted by molar-refractivity contribution is 7.47. The number of hydrogen-bond acceptors (Lipinski definition) is 6. The van der Waals surface area contributed by atoms with Gasteiger partial charge in [-0.25, -0.2) is 4.57 Å². The predicted molar refractivity (Wildman–Crippen MR) is 346 cm³/mol. The quantitative estimate of drug-likeness (QED) is 0.0205. The molecule has 0 heterocycles. The van der Waals surface area contributed by atoms with Crippen LogP contribution in [0.2, 0.25) is 0 Å². The average molecular weight is 1140 g/mol. The Hall–Kier alpha value is -2.81. The molecule has 2 N–H and O–H groups in total. The van der Waals surface area contributed by atoms with Crippen molar-refractivity contribution in [3.8, 4) is 0 Å². The van der Waals surface area contributed by atoms with Crippen molar-refractivity contribution in [2.45, 2.75) is 309 Å². The molecule has 464 valence electrons. The number of esters is 1. The van der Waals surface area contributed by atoms with Gasteiger partial charge in [-0.05, 0) is 102 Å². The van der Waals surface area contributed by atoms with Crippen LogP contribution in [0.1, 0.15) is 297 Å². The molecule has 0 rings (SSSR count). The molecule has 80 heavy (non-hydrogen) atoms. The summed E-state index contributed by atoms with van der Waals surface area (Å²) in [6, 6.07) is -0.857. The van der Waals surface area contributed by atoms with E-state index in [0.717, 1.165) is 116 Å². The first kappa shape index (κ1) is 77.2. The van der Waals surface area contributed by atoms with Crippen LogP contribution in [0.25, 0.3) is 0 Å². The first-order chi connectivity index (χ1) is 38.9. The van der Waals surface area contributed by atoms with Gasteiger partial charge in [-0.3, -0.25) is 18.6 Å². The van der Waals surface area contributed by atoms with Crippen LogP contribution in [0.3, 0.4) is 0 Å². The summed E-state index contributed by atoms with van der Waals surface area (Å²) >= 11 is 0. The van der Waals surface area contributed by atoms with Crippen molar-refractivity contribution in [3.63, 3.8) is 0 Å². The summed E-state index contributed by atoms with van der Waals surface area (Å²) in [5.41, 5.74) is 0. The first-order valence-corrected chi connectivity index (χ1v) is 34.9. The molecule has 3 atom stereocenters. The van der Waals surface area contributed by atoms with Crippen molar-refractivity contribution in [3.05, 3.63) is 85.1 Å². The highest BCUT2D eigenvalue weighted by Gasteiger charge is 2.30. The summed E-state index contributed by atoms with van der Waals surface area (Å²) in [6.45, 7) is 6.90. The number of phosphoric ester groups is 1. The van der Waals surface area contributed by atoms with Crippen LogP contribution in [0.4, 0.5) is 0 Å². The van der Waals surface area contributed by atoms with Crippen LogP contribution >= 0.6 is 7.82 Å². The second kappa shape index (κ2) is 59.4. The van der Waals surface area contributed by atoms with Gasteiger partial charge in [0.15, 0.2) is 0 Å². The van der Waals surface area contributed by atoms with Gasteiger partial charge in [0.25, 0.3) is 0 Å². The Morgan fingerprint density at radius 2 is 0.800 bits per heavy atom. The number of allylic oxidation sites excluding steroid dienone is 13. The monoisotopic (exact) mass is 1140 g/mol. The Morgan fingerprint density at radius 1 is 0.450 bits per heavy atom. The Labute approximate surface area is 495 Å². The smallest absolute Gasteiger partial charge is 0.456 e. The van der Waals surface area contributed by atoms with E-state index in [9.17, 15) is 19.0 Å². The molecule has 0 fully saturated rings. The number of likely N-dealkylation sites (N-methyl/N-ethyl adjacent to an activating group) is 1. The maximum Gasteiger partial charge on any atom is 0.472 e. The van der Waals surface area contributed by atoms with Crippen molar-refractivity contribution < 1.29 is 37.3 Å². The second-order valence-corrected chi connectivity index (χ2v) is 25.1. The summed E-state index contributed by atoms with van der Waals surface area (Å²) in [6.07, 6.45) is 78.7. The normalized spacial score (nSPS) is 14.1. The molecule has 0 spiro atoms. The number of carbonyl (C=O) groups is 2. The molecule has 3 unspecified atom stereocenters. The third-order valence-electron chi connectivity index (χ3n) is 14.6. The molecule has 0 aliphatic carbocycles. The highest BCUT2D eigenvalue weighted by atomic mass is 31.2. The van der Waals surface area contributed by atoms with Gasteiger partial charge in [0.1, 0.15) is 19.3 Å². The number of ether oxygens (including phenoxy) is 1. The van der Waals surface area contributed by atoms with Gasteiger partial charge in [-0.2, -0.15) is 0 Å². The van der Waals surface area contributed by atoms with Crippen LogP contribution in [0, 0.1) is 0 Å². The Bertz CT molecular complexity index is 1640. The van der Waals surface area contributed by atoms with Gasteiger partial charge in [0, 0.05) is 12.8 Å². The molecule has 10 heteroatoms. The number of rotatable bonds is 60. The van der Waals surface area contributed by atoms with Crippen LogP contribution in [0.15, 0.2) is 85.1 Å². The van der Waals surface area contributed by atoms with Crippen molar-refractivity contribution >= 4 is 19.7 Å². The summed E-state index contributed by atoms with van der Waals surface area (Å²) in [7, 11) is 1.49. The number of phosphoric acid groups is 1. The topological polar surface area (TPSA) is 111 Å². The van der Waals surface area contributed by atoms with Gasteiger partial charge in [0.05, 0.1) is 33.8 Å². The molecular formula is C70H128N2O7P+. The Kier molecular flexibility index (Phi) is 57.3. The van der Waals surface area contributed by atoms with Crippen molar-refractivity contribution in [1.29, 1.82) is 0 Å². The van der Waals surface area contributed by atoms with E-state index in [-0.39, 0.29) is 31.5 Å². The summed E-state index contributed by atoms with van der Waals surface area (Å²) in [5.74, 6) is -0.513. The highest BCUT2D eigenvalue weighted by Crippen LogP contribution is 2.43. The lowest BCUT2D eigenvalue weighted by molar-refractivity contribution is -0.870. The molecule has 0 aromatic carbocycles. The van der Waals surface area contributed by atoms with Crippen LogP contribution < -0.4 is 5.32 Å². The van der Waals surface area contributed by atoms with Crippen molar-refractivity contribution in [2.75, 3.05) is 40.9 Å². The fourth-order valence-corrected chi connectivity index (χ4v) is 10.2. The lowest BCUT2D eigenvalue weighted by Crippen LogP contribution is -2.47. The molecule has 9 nitrogen and oxygen atoms in total. The van der Waals surface area contributed by atoms with Gasteiger partial charge in [-0.15, -0.1) is 0 Å². The van der Waals surface area contributed by atoms with E-state index in [1.54, 1.807) is 0 Å². The minimum Gasteiger partial charge on any atom is -0.456 e. The molecular weight excluding hydrogens is 1010 g/mol. The minimum absolute atomic E-state index is 0.0360. The predicted octanol–water partition coefficient (Wildman–Crippen LogP) is 21.0. The first-order valence-electron chi connectivity index (χ1n) is 33.4. The molecule has 0 radical (unpaired) electrons. The van der Waals surface area contributed by atoms with Crippen LogP contribution in [-0.4, -0.2) is 74.3 Å². The molecule has 0 aliphatic heterocycles. The fraction of sp³-hybridized carbons (Fsp3) is 0.771. The molecule has 0 aromatic rings. The van der Waals surface area contributed by atoms with Gasteiger partial charge in [0.2, 0.25) is 5.91 Å². The summed E-state index contributed by atoms with van der Waals surface area (Å²) in [5, 5.41) is 3.06. The zero-order valence-electron chi connectivity index (χ0n) is 53.1. The number of nitrogens with zero attached hydrogens (tertiary/aromatic N) is 1. The molecule has 1 amide bonds. The molecule has 0 bridgehead atoms. The lowest BCUT2D eigenvalue weighted by Gasteiger charge is -2.27. The average Bonchev–Trinajstić information content (AvgIpc) is 3.42. The largest absolute Gasteiger partial charge is 0.472 e. The van der Waals surface area contributed by atoms with Crippen molar-refractivity contribution in [2.24, 2.45) is 0 Å². The van der Waals surface area contributed by atoms with Gasteiger partial charge < -0.3 is 19.4 Å². The van der Waals surface area contributed by atoms with Gasteiger partial charge >= 0.3 is 13.8 Å². The zero-order chi connectivity index (χ0) is 58.6. The van der Waals surface area contributed by atoms with Gasteiger partial charge in [-0.1, -0.05) is 267 Å². The number of unbranched alkanes of at least 4 members (excludes halogenated alkanes) is 32. The number of hydrogen-bond donors (Lipinski definition) is 2. The van der Waals surface area contributed by atoms with E-state index in [2.05, 4.69) is 99.0 Å². The lowest BCUT2D eigenvalue weighted by atomic mass is 10.0. The Morgan fingerprint density at radius 3 is 1.21 bits per heavy atom. The fourth-order valence-electron chi connectivity index (χ4n) is 9.43. The van der Waals surface area contributed by atoms with E-state index >= 15 is 0 Å². The number of carbonyl (C=O) groups excluding carboxylic acids is 2. The summed E-state index contributed by atoms with van der Waals surface area (Å²) in [4.78, 5) is 37.8. The van der Waals surface area contributed by atoms with E-state index in [0.29, 0.717) is 17.4 Å². The minimum atomic E-state index is -4.46. The summed E-state index contributed by atoms with van der Waals surface area (Å²) < 4.78 is 30.8. The number of amides is 1.